The van der Waals surface area contributed by atoms with E-state index in [1.54, 1.807) is 0 Å². The molecule has 0 aliphatic heterocycles. The minimum Gasteiger partial charge on any atom is -0.321 e. The third-order valence-electron chi connectivity index (χ3n) is 2.91. The topological polar surface area (TPSA) is 150 Å². The molecule has 0 bridgehead atoms. The van der Waals surface area contributed by atoms with Gasteiger partial charge in [0.2, 0.25) is 5.47 Å². The van der Waals surface area contributed by atoms with Crippen LogP contribution in [0.15, 0.2) is 0 Å². The van der Waals surface area contributed by atoms with Gasteiger partial charge >= 0.3 is 15.4 Å². The van der Waals surface area contributed by atoms with Gasteiger partial charge in [-0.25, -0.2) is 4.57 Å². The summed E-state index contributed by atoms with van der Waals surface area (Å²) in [6, 6.07) is 0. The van der Waals surface area contributed by atoms with Crippen molar-refractivity contribution >= 4 is 15.4 Å². The van der Waals surface area contributed by atoms with Crippen LogP contribution in [0.25, 0.3) is 0 Å². The number of phosphoric acid groups is 1. The fraction of sp³-hybridized carbons (Fsp3) is 1.00. The highest BCUT2D eigenvalue weighted by Crippen LogP contribution is 2.57. The lowest BCUT2D eigenvalue weighted by Crippen LogP contribution is -2.41. The van der Waals surface area contributed by atoms with Gasteiger partial charge in [-0.15, -0.1) is 0 Å². The van der Waals surface area contributed by atoms with Crippen LogP contribution < -0.4 is 5.73 Å². The quantitative estimate of drug-likeness (QED) is 0.219. The van der Waals surface area contributed by atoms with Crippen molar-refractivity contribution in [2.24, 2.45) is 5.73 Å². The highest BCUT2D eigenvalue weighted by molar-refractivity contribution is 7.54. The zero-order chi connectivity index (χ0) is 15.9. The third-order valence-corrected chi connectivity index (χ3v) is 4.92. The van der Waals surface area contributed by atoms with Crippen LogP contribution in [0.2, 0.25) is 0 Å². The molecule has 0 aromatic carbocycles. The third kappa shape index (κ3) is 8.49. The van der Waals surface area contributed by atoms with Gasteiger partial charge in [0.15, 0.2) is 0 Å². The summed E-state index contributed by atoms with van der Waals surface area (Å²) >= 11 is 0. The molecule has 122 valence electrons. The molecule has 0 aliphatic carbocycles. The van der Waals surface area contributed by atoms with Gasteiger partial charge in [-0.3, -0.25) is 14.8 Å². The fourth-order valence-electron chi connectivity index (χ4n) is 1.79. The number of hydrogen-bond donors (Lipinski definition) is 5. The average molecular weight is 333 g/mol. The highest BCUT2D eigenvalue weighted by Gasteiger charge is 2.48. The van der Waals surface area contributed by atoms with Gasteiger partial charge < -0.3 is 19.6 Å². The smallest absolute Gasteiger partial charge is 0.321 e. The van der Waals surface area contributed by atoms with E-state index < -0.39 is 20.9 Å². The second-order valence-electron chi connectivity index (χ2n) is 4.84. The average Bonchev–Trinajstić information content (AvgIpc) is 2.24. The lowest BCUT2D eigenvalue weighted by atomic mass is 10.1. The van der Waals surface area contributed by atoms with Gasteiger partial charge in [0.05, 0.1) is 0 Å². The zero-order valence-corrected chi connectivity index (χ0v) is 13.4. The van der Waals surface area contributed by atoms with Gasteiger partial charge in [-0.1, -0.05) is 45.4 Å². The molecule has 0 radical (unpaired) electrons. The van der Waals surface area contributed by atoms with Gasteiger partial charge in [0, 0.05) is 6.42 Å². The van der Waals surface area contributed by atoms with Crippen molar-refractivity contribution in [3.63, 3.8) is 0 Å². The van der Waals surface area contributed by atoms with Crippen molar-refractivity contribution in [1.29, 1.82) is 0 Å². The van der Waals surface area contributed by atoms with Crippen molar-refractivity contribution < 1.29 is 33.2 Å². The Kier molecular flexibility index (Phi) is 8.71. The van der Waals surface area contributed by atoms with Crippen LogP contribution in [-0.2, 0) is 13.7 Å². The predicted molar refractivity (Wildman–Crippen MR) is 74.7 cm³/mol. The lowest BCUT2D eigenvalue weighted by molar-refractivity contribution is 0.0704. The van der Waals surface area contributed by atoms with E-state index in [2.05, 4.69) is 11.4 Å². The molecule has 0 fully saturated rings. The number of phosphoric ester groups is 1. The molecular formula is C10H25NO7P2. The van der Waals surface area contributed by atoms with Gasteiger partial charge in [0.25, 0.3) is 0 Å². The summed E-state index contributed by atoms with van der Waals surface area (Å²) in [4.78, 5) is 35.5. The van der Waals surface area contributed by atoms with Crippen molar-refractivity contribution in [2.45, 2.75) is 63.8 Å². The molecule has 0 heterocycles. The van der Waals surface area contributed by atoms with Crippen LogP contribution in [0.3, 0.4) is 0 Å². The SMILES string of the molecule is CCCCCCCCCC(N)(OP(=O)(O)O)P(=O)(O)O. The van der Waals surface area contributed by atoms with E-state index in [0.717, 1.165) is 32.1 Å². The first-order chi connectivity index (χ1) is 9.02. The van der Waals surface area contributed by atoms with E-state index >= 15 is 0 Å². The van der Waals surface area contributed by atoms with Crippen LogP contribution in [0.1, 0.15) is 58.3 Å². The first-order valence-electron chi connectivity index (χ1n) is 6.62. The number of rotatable bonds is 11. The molecule has 0 aromatic rings. The van der Waals surface area contributed by atoms with E-state index in [4.69, 9.17) is 25.3 Å². The molecule has 0 spiro atoms. The monoisotopic (exact) mass is 333 g/mol. The minimum atomic E-state index is -5.07. The van der Waals surface area contributed by atoms with Gasteiger partial charge in [0.1, 0.15) is 0 Å². The first kappa shape index (κ1) is 20.2. The summed E-state index contributed by atoms with van der Waals surface area (Å²) in [6.07, 6.45) is 5.96. The van der Waals surface area contributed by atoms with Crippen molar-refractivity contribution in [3.8, 4) is 0 Å². The maximum atomic E-state index is 11.2. The Morgan fingerprint density at radius 2 is 1.40 bits per heavy atom. The second-order valence-corrected chi connectivity index (χ2v) is 7.85. The van der Waals surface area contributed by atoms with Crippen molar-refractivity contribution in [2.75, 3.05) is 0 Å². The van der Waals surface area contributed by atoms with E-state index in [9.17, 15) is 9.13 Å². The Balaban J connectivity index is 4.27. The predicted octanol–water partition coefficient (Wildman–Crippen LogP) is 2.03. The largest absolute Gasteiger partial charge is 0.471 e. The molecule has 0 saturated heterocycles. The summed E-state index contributed by atoms with van der Waals surface area (Å²) in [5, 5.41) is 0. The molecule has 0 amide bonds. The molecular weight excluding hydrogens is 308 g/mol. The Hall–Kier alpha value is 0.220. The Morgan fingerprint density at radius 3 is 1.80 bits per heavy atom. The standard InChI is InChI=1S/C10H25NO7P2/c1-2-3-4-5-6-7-8-9-10(11,19(12,13)14)18-20(15,16)17/h2-9,11H2,1H3,(H2,12,13,14)(H2,15,16,17). The first-order valence-corrected chi connectivity index (χ1v) is 9.77. The van der Waals surface area contributed by atoms with Crippen molar-refractivity contribution in [3.05, 3.63) is 0 Å². The molecule has 20 heavy (non-hydrogen) atoms. The summed E-state index contributed by atoms with van der Waals surface area (Å²) in [5.41, 5.74) is 2.72. The van der Waals surface area contributed by atoms with Gasteiger partial charge in [-0.05, 0) is 6.42 Å². The normalized spacial score (nSPS) is 16.1. The summed E-state index contributed by atoms with van der Waals surface area (Å²) < 4.78 is 26.1. The second kappa shape index (κ2) is 8.61. The Labute approximate surface area is 119 Å². The summed E-state index contributed by atoms with van der Waals surface area (Å²) in [6.45, 7) is 2.10. The summed E-state index contributed by atoms with van der Waals surface area (Å²) in [7, 11) is -10.1. The van der Waals surface area contributed by atoms with Gasteiger partial charge in [-0.2, -0.15) is 0 Å². The fourth-order valence-corrected chi connectivity index (χ4v) is 3.48. The maximum absolute atomic E-state index is 11.2. The van der Waals surface area contributed by atoms with E-state index in [1.807, 2.05) is 0 Å². The molecule has 0 rings (SSSR count). The summed E-state index contributed by atoms with van der Waals surface area (Å²) in [5.74, 6) is 0. The van der Waals surface area contributed by atoms with E-state index in [0.29, 0.717) is 12.8 Å². The van der Waals surface area contributed by atoms with Crippen molar-refractivity contribution in [1.82, 2.24) is 0 Å². The molecule has 0 aliphatic rings. The molecule has 0 aromatic heterocycles. The van der Waals surface area contributed by atoms with Crippen LogP contribution in [0.5, 0.6) is 0 Å². The van der Waals surface area contributed by atoms with E-state index in [-0.39, 0.29) is 6.42 Å². The number of hydrogen-bond acceptors (Lipinski definition) is 4. The van der Waals surface area contributed by atoms with Crippen LogP contribution in [0, 0.1) is 0 Å². The number of nitrogens with two attached hydrogens (primary N) is 1. The Bertz CT molecular complexity index is 367. The molecule has 8 nitrogen and oxygen atoms in total. The maximum Gasteiger partial charge on any atom is 0.471 e. The number of unbranched alkanes of at least 4 members (excludes halogenated alkanes) is 6. The molecule has 1 atom stereocenters. The molecule has 6 N–H and O–H groups in total. The Morgan fingerprint density at radius 1 is 0.950 bits per heavy atom. The van der Waals surface area contributed by atoms with Crippen LogP contribution in [-0.4, -0.2) is 25.0 Å². The zero-order valence-electron chi connectivity index (χ0n) is 11.6. The molecule has 1 unspecified atom stereocenters. The minimum absolute atomic E-state index is 0.309. The van der Waals surface area contributed by atoms with E-state index in [1.165, 1.54) is 0 Å². The lowest BCUT2D eigenvalue weighted by Gasteiger charge is -2.29. The van der Waals surface area contributed by atoms with Crippen LogP contribution >= 0.6 is 15.4 Å². The molecule has 10 heteroatoms. The van der Waals surface area contributed by atoms with Crippen LogP contribution in [0.4, 0.5) is 0 Å². The molecule has 0 saturated carbocycles. The highest BCUT2D eigenvalue weighted by atomic mass is 31.2.